The van der Waals surface area contributed by atoms with Gasteiger partial charge < -0.3 is 0 Å². The number of hydrogen-bond donors (Lipinski definition) is 0. The van der Waals surface area contributed by atoms with Gasteiger partial charge in [0.15, 0.2) is 0 Å². The predicted octanol–water partition coefficient (Wildman–Crippen LogP) is 3.88. The van der Waals surface area contributed by atoms with Crippen LogP contribution in [0.2, 0.25) is 0 Å². The van der Waals surface area contributed by atoms with E-state index >= 15 is 0 Å². The third-order valence-corrected chi connectivity index (χ3v) is 2.93. The molecule has 0 unspecified atom stereocenters. The smallest absolute Gasteiger partial charge is 0.0865 e. The van der Waals surface area contributed by atoms with Crippen molar-refractivity contribution in [1.82, 2.24) is 4.98 Å². The zero-order valence-electron chi connectivity index (χ0n) is 9.80. The van der Waals surface area contributed by atoms with Gasteiger partial charge in [0.2, 0.25) is 0 Å². The molecule has 2 aromatic carbocycles. The molecule has 0 amide bonds. The number of para-hydroxylation sites is 1. The molecule has 1 nitrogen and oxygen atoms in total. The lowest BCUT2D eigenvalue weighted by Gasteiger charge is -2.06. The standard InChI is InChI=1S/C17H11N/c1-2-13-12-15-10-6-7-11-16(15)18-17(13)14-8-4-3-5-9-14/h1,3-12H. The van der Waals surface area contributed by atoms with Crippen molar-refractivity contribution >= 4 is 10.9 Å². The first kappa shape index (κ1) is 10.6. The molecule has 0 fully saturated rings. The van der Waals surface area contributed by atoms with Crippen molar-refractivity contribution in [1.29, 1.82) is 0 Å². The fourth-order valence-corrected chi connectivity index (χ4v) is 2.04. The number of nitrogens with zero attached hydrogens (tertiary/aromatic N) is 1. The molecule has 0 atom stereocenters. The van der Waals surface area contributed by atoms with Gasteiger partial charge in [-0.25, -0.2) is 4.98 Å². The number of hydrogen-bond acceptors (Lipinski definition) is 1. The molecule has 1 aromatic heterocycles. The van der Waals surface area contributed by atoms with E-state index in [9.17, 15) is 0 Å². The topological polar surface area (TPSA) is 12.9 Å². The molecule has 0 saturated heterocycles. The summed E-state index contributed by atoms with van der Waals surface area (Å²) in [5.41, 5.74) is 3.73. The average Bonchev–Trinajstić information content (AvgIpc) is 2.46. The molecule has 0 aliphatic rings. The van der Waals surface area contributed by atoms with Gasteiger partial charge in [-0.1, -0.05) is 54.5 Å². The van der Waals surface area contributed by atoms with Crippen molar-refractivity contribution in [2.75, 3.05) is 0 Å². The Morgan fingerprint density at radius 3 is 2.39 bits per heavy atom. The highest BCUT2D eigenvalue weighted by Crippen LogP contribution is 2.24. The molecule has 0 aliphatic carbocycles. The first-order valence-corrected chi connectivity index (χ1v) is 5.80. The number of rotatable bonds is 1. The lowest BCUT2D eigenvalue weighted by molar-refractivity contribution is 1.38. The minimum absolute atomic E-state index is 0.833. The number of aromatic nitrogens is 1. The molecular formula is C17H11N. The first-order chi connectivity index (χ1) is 8.88. The summed E-state index contributed by atoms with van der Waals surface area (Å²) in [5, 5.41) is 1.07. The van der Waals surface area contributed by atoms with Crippen LogP contribution in [0, 0.1) is 12.3 Å². The Hall–Kier alpha value is -2.59. The van der Waals surface area contributed by atoms with Gasteiger partial charge in [-0.15, -0.1) is 6.42 Å². The normalized spacial score (nSPS) is 10.2. The van der Waals surface area contributed by atoms with Crippen molar-refractivity contribution in [2.45, 2.75) is 0 Å². The molecule has 18 heavy (non-hydrogen) atoms. The molecule has 0 bridgehead atoms. The second kappa shape index (κ2) is 4.35. The minimum atomic E-state index is 0.833. The van der Waals surface area contributed by atoms with Crippen molar-refractivity contribution < 1.29 is 0 Å². The van der Waals surface area contributed by atoms with Gasteiger partial charge in [0.05, 0.1) is 16.8 Å². The van der Waals surface area contributed by atoms with Crippen molar-refractivity contribution in [3.8, 4) is 23.6 Å². The van der Waals surface area contributed by atoms with E-state index in [0.29, 0.717) is 0 Å². The molecule has 0 aliphatic heterocycles. The average molecular weight is 229 g/mol. The lowest BCUT2D eigenvalue weighted by Crippen LogP contribution is -1.90. The zero-order chi connectivity index (χ0) is 12.4. The third-order valence-electron chi connectivity index (χ3n) is 2.93. The van der Waals surface area contributed by atoms with E-state index in [-0.39, 0.29) is 0 Å². The van der Waals surface area contributed by atoms with E-state index in [1.54, 1.807) is 0 Å². The molecule has 3 aromatic rings. The van der Waals surface area contributed by atoms with Crippen LogP contribution in [-0.4, -0.2) is 4.98 Å². The molecule has 0 spiro atoms. The summed E-state index contributed by atoms with van der Waals surface area (Å²) in [6, 6.07) is 20.0. The molecule has 84 valence electrons. The second-order valence-electron chi connectivity index (χ2n) is 4.09. The number of benzene rings is 2. The van der Waals surface area contributed by atoms with Crippen molar-refractivity contribution in [3.63, 3.8) is 0 Å². The van der Waals surface area contributed by atoms with Crippen molar-refractivity contribution in [3.05, 3.63) is 66.2 Å². The van der Waals surface area contributed by atoms with Crippen LogP contribution < -0.4 is 0 Å². The van der Waals surface area contributed by atoms with E-state index in [1.807, 2.05) is 60.7 Å². The van der Waals surface area contributed by atoms with Crippen LogP contribution in [0.15, 0.2) is 60.7 Å². The molecule has 1 heterocycles. The minimum Gasteiger partial charge on any atom is -0.246 e. The largest absolute Gasteiger partial charge is 0.246 e. The van der Waals surface area contributed by atoms with Gasteiger partial charge in [0.1, 0.15) is 0 Å². The number of terminal acetylenes is 1. The Morgan fingerprint density at radius 2 is 1.61 bits per heavy atom. The van der Waals surface area contributed by atoms with Gasteiger partial charge in [-0.2, -0.15) is 0 Å². The highest BCUT2D eigenvalue weighted by molar-refractivity contribution is 5.84. The van der Waals surface area contributed by atoms with E-state index in [0.717, 1.165) is 27.7 Å². The fourth-order valence-electron chi connectivity index (χ4n) is 2.04. The molecular weight excluding hydrogens is 218 g/mol. The van der Waals surface area contributed by atoms with Gasteiger partial charge in [-0.05, 0) is 12.1 Å². The fraction of sp³-hybridized carbons (Fsp3) is 0. The quantitative estimate of drug-likeness (QED) is 0.577. The van der Waals surface area contributed by atoms with Crippen LogP contribution in [0.5, 0.6) is 0 Å². The lowest BCUT2D eigenvalue weighted by atomic mass is 10.0. The first-order valence-electron chi connectivity index (χ1n) is 5.80. The van der Waals surface area contributed by atoms with Crippen LogP contribution in [0.4, 0.5) is 0 Å². The Labute approximate surface area is 106 Å². The van der Waals surface area contributed by atoms with Gasteiger partial charge >= 0.3 is 0 Å². The summed E-state index contributed by atoms with van der Waals surface area (Å²) in [6.45, 7) is 0. The molecule has 0 N–H and O–H groups in total. The Balaban J connectivity index is 2.32. The highest BCUT2D eigenvalue weighted by atomic mass is 14.7. The Bertz CT molecular complexity index is 736. The Morgan fingerprint density at radius 1 is 0.889 bits per heavy atom. The van der Waals surface area contributed by atoms with Crippen LogP contribution in [-0.2, 0) is 0 Å². The van der Waals surface area contributed by atoms with Crippen LogP contribution in [0.25, 0.3) is 22.2 Å². The van der Waals surface area contributed by atoms with E-state index in [2.05, 4.69) is 10.9 Å². The van der Waals surface area contributed by atoms with E-state index in [1.165, 1.54) is 0 Å². The summed E-state index contributed by atoms with van der Waals surface area (Å²) in [6.07, 6.45) is 5.59. The van der Waals surface area contributed by atoms with Crippen LogP contribution in [0.1, 0.15) is 5.56 Å². The predicted molar refractivity (Wildman–Crippen MR) is 75.1 cm³/mol. The van der Waals surface area contributed by atoms with Gasteiger partial charge in [-0.3, -0.25) is 0 Å². The molecule has 1 heteroatoms. The maximum absolute atomic E-state index is 5.59. The summed E-state index contributed by atoms with van der Waals surface area (Å²) < 4.78 is 0. The number of pyridine rings is 1. The van der Waals surface area contributed by atoms with Gasteiger partial charge in [0, 0.05) is 10.9 Å². The highest BCUT2D eigenvalue weighted by Gasteiger charge is 2.06. The second-order valence-corrected chi connectivity index (χ2v) is 4.09. The number of fused-ring (bicyclic) bond motifs is 1. The van der Waals surface area contributed by atoms with Crippen LogP contribution in [0.3, 0.4) is 0 Å². The molecule has 0 radical (unpaired) electrons. The summed E-state index contributed by atoms with van der Waals surface area (Å²) >= 11 is 0. The molecule has 3 rings (SSSR count). The van der Waals surface area contributed by atoms with Gasteiger partial charge in [0.25, 0.3) is 0 Å². The van der Waals surface area contributed by atoms with Crippen LogP contribution >= 0.6 is 0 Å². The SMILES string of the molecule is C#Cc1cc2ccccc2nc1-c1ccccc1. The maximum Gasteiger partial charge on any atom is 0.0865 e. The van der Waals surface area contributed by atoms with Crippen molar-refractivity contribution in [2.24, 2.45) is 0 Å². The monoisotopic (exact) mass is 229 g/mol. The maximum atomic E-state index is 5.59. The summed E-state index contributed by atoms with van der Waals surface area (Å²) in [7, 11) is 0. The Kier molecular flexibility index (Phi) is 2.55. The zero-order valence-corrected chi connectivity index (χ0v) is 9.80. The van der Waals surface area contributed by atoms with E-state index in [4.69, 9.17) is 6.42 Å². The van der Waals surface area contributed by atoms with E-state index < -0.39 is 0 Å². The summed E-state index contributed by atoms with van der Waals surface area (Å²) in [4.78, 5) is 4.67. The summed E-state index contributed by atoms with van der Waals surface area (Å²) in [5.74, 6) is 2.72. The molecule has 0 saturated carbocycles. The third kappa shape index (κ3) is 1.74.